The van der Waals surface area contributed by atoms with Gasteiger partial charge in [-0.2, -0.15) is 11.8 Å². The fourth-order valence-electron chi connectivity index (χ4n) is 1.86. The van der Waals surface area contributed by atoms with E-state index in [1.54, 1.807) is 18.8 Å². The highest BCUT2D eigenvalue weighted by atomic mass is 32.2. The molecule has 136 valence electrons. The molecule has 0 aliphatic rings. The molecule has 7 heteroatoms. The number of thioether (sulfide) groups is 1. The van der Waals surface area contributed by atoms with E-state index in [-0.39, 0.29) is 12.1 Å². The summed E-state index contributed by atoms with van der Waals surface area (Å²) in [5.74, 6) is 1.79. The van der Waals surface area contributed by atoms with Crippen molar-refractivity contribution in [3.8, 4) is 0 Å². The minimum atomic E-state index is -0.480. The molecule has 23 heavy (non-hydrogen) atoms. The third kappa shape index (κ3) is 13.1. The Balaban J connectivity index is 4.41. The van der Waals surface area contributed by atoms with E-state index < -0.39 is 5.60 Å². The molecule has 1 amide bonds. The average molecular weight is 347 g/mol. The first kappa shape index (κ1) is 21.9. The van der Waals surface area contributed by atoms with Crippen LogP contribution in [-0.4, -0.2) is 55.8 Å². The zero-order valence-corrected chi connectivity index (χ0v) is 16.3. The van der Waals surface area contributed by atoms with E-state index in [2.05, 4.69) is 34.1 Å². The summed E-state index contributed by atoms with van der Waals surface area (Å²) in [6.07, 6.45) is 4.87. The van der Waals surface area contributed by atoms with Crippen LogP contribution in [0.1, 0.15) is 47.0 Å². The third-order valence-electron chi connectivity index (χ3n) is 2.96. The number of carbonyl (C=O) groups is 1. The van der Waals surface area contributed by atoms with Gasteiger partial charge >= 0.3 is 6.09 Å². The number of guanidine groups is 1. The smallest absolute Gasteiger partial charge is 0.407 e. The number of hydrogen-bond acceptors (Lipinski definition) is 4. The number of nitrogens with one attached hydrogen (secondary N) is 3. The Kier molecular flexibility index (Phi) is 11.7. The van der Waals surface area contributed by atoms with Gasteiger partial charge in [0, 0.05) is 31.9 Å². The number of nitrogens with zero attached hydrogens (tertiary/aromatic N) is 1. The summed E-state index contributed by atoms with van der Waals surface area (Å²) in [5, 5.41) is 9.49. The molecule has 6 nitrogen and oxygen atoms in total. The minimum Gasteiger partial charge on any atom is -0.444 e. The van der Waals surface area contributed by atoms with E-state index in [0.29, 0.717) is 6.54 Å². The fraction of sp³-hybridized carbons (Fsp3) is 0.875. The van der Waals surface area contributed by atoms with Gasteiger partial charge in [0.2, 0.25) is 0 Å². The molecule has 1 atom stereocenters. The van der Waals surface area contributed by atoms with Gasteiger partial charge in [-0.25, -0.2) is 4.79 Å². The highest BCUT2D eigenvalue weighted by molar-refractivity contribution is 7.98. The van der Waals surface area contributed by atoms with Gasteiger partial charge in [-0.3, -0.25) is 4.99 Å². The molecule has 0 aromatic heterocycles. The van der Waals surface area contributed by atoms with Crippen LogP contribution in [0, 0.1) is 0 Å². The quantitative estimate of drug-likeness (QED) is 0.340. The van der Waals surface area contributed by atoms with Gasteiger partial charge in [-0.1, -0.05) is 19.8 Å². The Morgan fingerprint density at radius 2 is 2.00 bits per heavy atom. The monoisotopic (exact) mass is 346 g/mol. The number of rotatable bonds is 9. The fourth-order valence-corrected chi connectivity index (χ4v) is 2.16. The van der Waals surface area contributed by atoms with Crippen LogP contribution in [0.5, 0.6) is 0 Å². The molecule has 0 fully saturated rings. The number of carbonyl (C=O) groups excluding carboxylic acids is 1. The van der Waals surface area contributed by atoms with E-state index in [9.17, 15) is 4.79 Å². The molecule has 0 heterocycles. The molecule has 3 N–H and O–H groups in total. The Bertz CT molecular complexity index is 356. The van der Waals surface area contributed by atoms with Crippen molar-refractivity contribution in [2.45, 2.75) is 58.6 Å². The number of amides is 1. The minimum absolute atomic E-state index is 0.128. The molecule has 0 saturated carbocycles. The summed E-state index contributed by atoms with van der Waals surface area (Å²) in [7, 11) is 1.76. The van der Waals surface area contributed by atoms with Gasteiger partial charge in [0.1, 0.15) is 5.60 Å². The van der Waals surface area contributed by atoms with Crippen LogP contribution in [0.2, 0.25) is 0 Å². The number of ether oxygens (including phenoxy) is 1. The van der Waals surface area contributed by atoms with Crippen LogP contribution in [0.4, 0.5) is 4.79 Å². The molecule has 0 bridgehead atoms. The standard InChI is InChI=1S/C16H34N4O2S/c1-7-8-9-13(12-19-15(21)22-16(2,3)4)20-14(17-5)18-10-11-23-6/h13H,7-12H2,1-6H3,(H,19,21)(H2,17,18,20). The van der Waals surface area contributed by atoms with Gasteiger partial charge in [0.25, 0.3) is 0 Å². The summed E-state index contributed by atoms with van der Waals surface area (Å²) in [4.78, 5) is 16.0. The van der Waals surface area contributed by atoms with Gasteiger partial charge in [-0.15, -0.1) is 0 Å². The van der Waals surface area contributed by atoms with E-state index in [0.717, 1.165) is 37.5 Å². The van der Waals surface area contributed by atoms with Crippen LogP contribution in [-0.2, 0) is 4.74 Å². The maximum Gasteiger partial charge on any atom is 0.407 e. The molecule has 1 unspecified atom stereocenters. The molecular formula is C16H34N4O2S. The summed E-state index contributed by atoms with van der Waals surface area (Å²) in [6.45, 7) is 9.10. The number of aliphatic imine (C=N–C) groups is 1. The Morgan fingerprint density at radius 1 is 1.30 bits per heavy atom. The van der Waals surface area contributed by atoms with E-state index >= 15 is 0 Å². The zero-order chi connectivity index (χ0) is 17.7. The largest absolute Gasteiger partial charge is 0.444 e. The second-order valence-corrected chi connectivity index (χ2v) is 7.34. The van der Waals surface area contributed by atoms with Crippen LogP contribution in [0.15, 0.2) is 4.99 Å². The molecule has 0 aromatic carbocycles. The highest BCUT2D eigenvalue weighted by Gasteiger charge is 2.17. The van der Waals surface area contributed by atoms with Crippen molar-refractivity contribution < 1.29 is 9.53 Å². The van der Waals surface area contributed by atoms with Crippen molar-refractivity contribution in [3.05, 3.63) is 0 Å². The van der Waals surface area contributed by atoms with Crippen molar-refractivity contribution >= 4 is 23.8 Å². The van der Waals surface area contributed by atoms with Gasteiger partial charge in [-0.05, 0) is 33.4 Å². The van der Waals surface area contributed by atoms with Crippen LogP contribution in [0.3, 0.4) is 0 Å². The lowest BCUT2D eigenvalue weighted by molar-refractivity contribution is 0.0523. The maximum absolute atomic E-state index is 11.8. The highest BCUT2D eigenvalue weighted by Crippen LogP contribution is 2.07. The molecule has 0 aliphatic heterocycles. The summed E-state index contributed by atoms with van der Waals surface area (Å²) in [5.41, 5.74) is -0.480. The van der Waals surface area contributed by atoms with Crippen LogP contribution in [0.25, 0.3) is 0 Å². The average Bonchev–Trinajstić information content (AvgIpc) is 2.46. The maximum atomic E-state index is 11.8. The van der Waals surface area contributed by atoms with E-state index in [1.807, 2.05) is 20.8 Å². The Hall–Kier alpha value is -1.11. The van der Waals surface area contributed by atoms with E-state index in [4.69, 9.17) is 4.74 Å². The van der Waals surface area contributed by atoms with Crippen LogP contribution < -0.4 is 16.0 Å². The molecule has 0 radical (unpaired) electrons. The van der Waals surface area contributed by atoms with Crippen molar-refractivity contribution in [1.29, 1.82) is 0 Å². The van der Waals surface area contributed by atoms with Crippen molar-refractivity contribution in [3.63, 3.8) is 0 Å². The predicted molar refractivity (Wildman–Crippen MR) is 100 cm³/mol. The molecule has 0 spiro atoms. The second-order valence-electron chi connectivity index (χ2n) is 6.36. The van der Waals surface area contributed by atoms with Crippen LogP contribution >= 0.6 is 11.8 Å². The van der Waals surface area contributed by atoms with Crippen molar-refractivity contribution in [2.75, 3.05) is 32.1 Å². The first-order valence-corrected chi connectivity index (χ1v) is 9.64. The Morgan fingerprint density at radius 3 is 2.52 bits per heavy atom. The van der Waals surface area contributed by atoms with E-state index in [1.165, 1.54) is 0 Å². The SMILES string of the molecule is CCCCC(CNC(=O)OC(C)(C)C)NC(=NC)NCCSC. The Labute approximate surface area is 145 Å². The van der Waals surface area contributed by atoms with Gasteiger partial charge in [0.15, 0.2) is 5.96 Å². The second kappa shape index (κ2) is 12.3. The topological polar surface area (TPSA) is 74.8 Å². The van der Waals surface area contributed by atoms with Crippen molar-refractivity contribution in [2.24, 2.45) is 4.99 Å². The molecule has 0 aromatic rings. The lowest BCUT2D eigenvalue weighted by Crippen LogP contribution is -2.49. The summed E-state index contributed by atoms with van der Waals surface area (Å²) < 4.78 is 5.28. The normalized spacial score (nSPS) is 13.4. The summed E-state index contributed by atoms with van der Waals surface area (Å²) >= 11 is 1.79. The number of alkyl carbamates (subject to hydrolysis) is 1. The first-order chi connectivity index (χ1) is 10.8. The third-order valence-corrected chi connectivity index (χ3v) is 3.57. The molecular weight excluding hydrogens is 312 g/mol. The number of unbranched alkanes of at least 4 members (excludes halogenated alkanes) is 1. The lowest BCUT2D eigenvalue weighted by Gasteiger charge is -2.24. The lowest BCUT2D eigenvalue weighted by atomic mass is 10.1. The first-order valence-electron chi connectivity index (χ1n) is 8.25. The summed E-state index contributed by atoms with van der Waals surface area (Å²) in [6, 6.07) is 0.128. The van der Waals surface area contributed by atoms with Crippen molar-refractivity contribution in [1.82, 2.24) is 16.0 Å². The molecule has 0 aliphatic carbocycles. The molecule has 0 saturated heterocycles. The van der Waals surface area contributed by atoms with Gasteiger partial charge in [0.05, 0.1) is 0 Å². The molecule has 0 rings (SSSR count). The van der Waals surface area contributed by atoms with Gasteiger partial charge < -0.3 is 20.7 Å². The zero-order valence-electron chi connectivity index (χ0n) is 15.5. The predicted octanol–water partition coefficient (Wildman–Crippen LogP) is 2.60. The number of hydrogen-bond donors (Lipinski definition) is 3.